The van der Waals surface area contributed by atoms with Crippen LogP contribution in [0, 0.1) is 4.77 Å². The average molecular weight is 345 g/mol. The zero-order valence-electron chi connectivity index (χ0n) is 14.1. The van der Waals surface area contributed by atoms with Gasteiger partial charge in [0.1, 0.15) is 0 Å². The maximum atomic E-state index is 11.9. The van der Waals surface area contributed by atoms with E-state index in [0.717, 1.165) is 30.8 Å². The van der Waals surface area contributed by atoms with Crippen LogP contribution in [0.2, 0.25) is 0 Å². The van der Waals surface area contributed by atoms with E-state index in [1.807, 2.05) is 46.8 Å². The predicted octanol–water partition coefficient (Wildman–Crippen LogP) is 2.27. The second kappa shape index (κ2) is 7.27. The van der Waals surface area contributed by atoms with Crippen molar-refractivity contribution in [3.63, 3.8) is 0 Å². The normalized spacial score (nSPS) is 14.1. The van der Waals surface area contributed by atoms with Gasteiger partial charge in [-0.2, -0.15) is 5.10 Å². The van der Waals surface area contributed by atoms with Gasteiger partial charge in [-0.1, -0.05) is 30.3 Å². The van der Waals surface area contributed by atoms with Crippen LogP contribution in [0.4, 0.5) is 0 Å². The van der Waals surface area contributed by atoms with Crippen molar-refractivity contribution in [2.24, 2.45) is 0 Å². The Kier molecular flexibility index (Phi) is 5.11. The summed E-state index contributed by atoms with van der Waals surface area (Å²) in [6, 6.07) is 10.4. The molecule has 1 heterocycles. The maximum Gasteiger partial charge on any atom is 0.234 e. The van der Waals surface area contributed by atoms with Gasteiger partial charge in [-0.25, -0.2) is 4.68 Å². The van der Waals surface area contributed by atoms with Crippen molar-refractivity contribution in [1.82, 2.24) is 24.6 Å². The highest BCUT2D eigenvalue weighted by Gasteiger charge is 2.23. The summed E-state index contributed by atoms with van der Waals surface area (Å²) in [5.41, 5.74) is 1.04. The molecule has 128 valence electrons. The van der Waals surface area contributed by atoms with E-state index in [1.165, 1.54) is 0 Å². The summed E-state index contributed by atoms with van der Waals surface area (Å²) in [5, 5.41) is 7.67. The van der Waals surface area contributed by atoms with E-state index in [9.17, 15) is 4.79 Å². The summed E-state index contributed by atoms with van der Waals surface area (Å²) < 4.78 is 4.47. The minimum atomic E-state index is 0.0599. The fourth-order valence-electron chi connectivity index (χ4n) is 2.64. The van der Waals surface area contributed by atoms with Crippen molar-refractivity contribution in [1.29, 1.82) is 0 Å². The van der Waals surface area contributed by atoms with Gasteiger partial charge in [0.05, 0.1) is 13.2 Å². The first-order valence-corrected chi connectivity index (χ1v) is 8.70. The van der Waals surface area contributed by atoms with Crippen LogP contribution in [-0.2, 0) is 18.0 Å². The van der Waals surface area contributed by atoms with Gasteiger partial charge in [-0.15, -0.1) is 0 Å². The van der Waals surface area contributed by atoms with Crippen molar-refractivity contribution in [3.05, 3.63) is 35.1 Å². The van der Waals surface area contributed by atoms with Crippen LogP contribution in [0.1, 0.15) is 19.8 Å². The molecule has 1 N–H and O–H groups in total. The lowest BCUT2D eigenvalue weighted by Crippen LogP contribution is -2.37. The third-order valence-corrected chi connectivity index (χ3v) is 4.43. The van der Waals surface area contributed by atoms with Gasteiger partial charge in [0, 0.05) is 18.2 Å². The van der Waals surface area contributed by atoms with Gasteiger partial charge < -0.3 is 9.88 Å². The Bertz CT molecular complexity index is 763. The number of hydrogen-bond acceptors (Lipinski definition) is 4. The third-order valence-electron chi connectivity index (χ3n) is 4.00. The molecule has 6 nitrogen and oxygen atoms in total. The number of carbonyl (C=O) groups is 1. The topological polar surface area (TPSA) is 55.1 Å². The molecule has 1 aliphatic carbocycles. The molecule has 1 amide bonds. The van der Waals surface area contributed by atoms with E-state index in [0.29, 0.717) is 24.0 Å². The number of benzene rings is 1. The summed E-state index contributed by atoms with van der Waals surface area (Å²) in [6.45, 7) is 3.65. The van der Waals surface area contributed by atoms with Gasteiger partial charge in [0.25, 0.3) is 0 Å². The Morgan fingerprint density at radius 1 is 1.38 bits per heavy atom. The first kappa shape index (κ1) is 16.9. The molecule has 0 bridgehead atoms. The number of rotatable bonds is 7. The Morgan fingerprint density at radius 3 is 2.71 bits per heavy atom. The highest BCUT2D eigenvalue weighted by Crippen LogP contribution is 2.19. The lowest BCUT2D eigenvalue weighted by Gasteiger charge is -2.15. The van der Waals surface area contributed by atoms with Gasteiger partial charge in [0.15, 0.2) is 10.6 Å². The summed E-state index contributed by atoms with van der Waals surface area (Å²) in [4.78, 5) is 13.8. The molecule has 3 rings (SSSR count). The zero-order chi connectivity index (χ0) is 17.1. The van der Waals surface area contributed by atoms with Crippen LogP contribution in [0.5, 0.6) is 0 Å². The van der Waals surface area contributed by atoms with E-state index in [-0.39, 0.29) is 5.91 Å². The zero-order valence-corrected chi connectivity index (χ0v) is 14.9. The van der Waals surface area contributed by atoms with Gasteiger partial charge >= 0.3 is 0 Å². The number of carbonyl (C=O) groups excluding carboxylic acids is 1. The molecule has 0 spiro atoms. The number of hydrogen-bond donors (Lipinski definition) is 1. The molecule has 0 atom stereocenters. The summed E-state index contributed by atoms with van der Waals surface area (Å²) in [5.74, 6) is 0.920. The number of amides is 1. The largest absolute Gasteiger partial charge is 0.352 e. The minimum Gasteiger partial charge on any atom is -0.352 e. The Labute approximate surface area is 147 Å². The second-order valence-corrected chi connectivity index (χ2v) is 6.58. The monoisotopic (exact) mass is 345 g/mol. The quantitative estimate of drug-likeness (QED) is 0.782. The molecule has 24 heavy (non-hydrogen) atoms. The molecule has 1 fully saturated rings. The minimum absolute atomic E-state index is 0.0599. The fraction of sp³-hybridized carbons (Fsp3) is 0.471. The lowest BCUT2D eigenvalue weighted by atomic mass is 10.2. The molecule has 0 saturated heterocycles. The van der Waals surface area contributed by atoms with E-state index in [2.05, 4.69) is 17.3 Å². The molecule has 1 aromatic carbocycles. The van der Waals surface area contributed by atoms with Gasteiger partial charge in [0.2, 0.25) is 5.91 Å². The molecular weight excluding hydrogens is 322 g/mol. The first-order valence-electron chi connectivity index (χ1n) is 8.29. The molecule has 0 radical (unpaired) electrons. The highest BCUT2D eigenvalue weighted by atomic mass is 32.1. The molecule has 2 aromatic rings. The summed E-state index contributed by atoms with van der Waals surface area (Å²) in [7, 11) is 1.90. The highest BCUT2D eigenvalue weighted by molar-refractivity contribution is 7.71. The van der Waals surface area contributed by atoms with Crippen molar-refractivity contribution in [3.8, 4) is 11.4 Å². The number of nitrogens with zero attached hydrogens (tertiary/aromatic N) is 4. The molecule has 1 saturated carbocycles. The van der Waals surface area contributed by atoms with Crippen molar-refractivity contribution < 1.29 is 4.79 Å². The molecule has 7 heteroatoms. The summed E-state index contributed by atoms with van der Waals surface area (Å²) >= 11 is 5.56. The number of aromatic nitrogens is 3. The molecule has 0 aliphatic heterocycles. The van der Waals surface area contributed by atoms with E-state index < -0.39 is 0 Å². The molecule has 1 aliphatic rings. The van der Waals surface area contributed by atoms with E-state index in [4.69, 9.17) is 12.2 Å². The van der Waals surface area contributed by atoms with Crippen molar-refractivity contribution >= 4 is 18.1 Å². The third kappa shape index (κ3) is 3.91. The Morgan fingerprint density at radius 2 is 2.08 bits per heavy atom. The van der Waals surface area contributed by atoms with Gasteiger partial charge in [-0.3, -0.25) is 9.69 Å². The second-order valence-electron chi connectivity index (χ2n) is 6.21. The van der Waals surface area contributed by atoms with Crippen LogP contribution < -0.4 is 5.32 Å². The van der Waals surface area contributed by atoms with Crippen LogP contribution in [0.15, 0.2) is 30.3 Å². The maximum absolute atomic E-state index is 11.9. The lowest BCUT2D eigenvalue weighted by molar-refractivity contribution is -0.122. The smallest absolute Gasteiger partial charge is 0.234 e. The first-order chi connectivity index (χ1) is 11.6. The molecular formula is C17H23N5OS. The van der Waals surface area contributed by atoms with E-state index in [1.54, 1.807) is 4.68 Å². The SMILES string of the molecule is CCn1c(-c2ccccc2)nn(CN(C)CC(=O)NC2CC2)c1=S. The van der Waals surface area contributed by atoms with Crippen LogP contribution in [-0.4, -0.2) is 44.8 Å². The van der Waals surface area contributed by atoms with Gasteiger partial charge in [-0.05, 0) is 39.0 Å². The standard InChI is InChI=1S/C17H23N5OS/c1-3-21-16(13-7-5-4-6-8-13)19-22(17(21)24)12-20(2)11-15(23)18-14-9-10-14/h4-8,14H,3,9-12H2,1-2H3,(H,18,23). The molecule has 0 unspecified atom stereocenters. The Hall–Kier alpha value is -1.99. The average Bonchev–Trinajstić information content (AvgIpc) is 3.32. The fourth-order valence-corrected chi connectivity index (χ4v) is 2.96. The number of nitrogens with one attached hydrogen (secondary N) is 1. The number of likely N-dealkylation sites (N-methyl/N-ethyl adjacent to an activating group) is 1. The predicted molar refractivity (Wildman–Crippen MR) is 96.0 cm³/mol. The van der Waals surface area contributed by atoms with Crippen LogP contribution in [0.3, 0.4) is 0 Å². The van der Waals surface area contributed by atoms with Crippen LogP contribution >= 0.6 is 12.2 Å². The van der Waals surface area contributed by atoms with Crippen molar-refractivity contribution in [2.75, 3.05) is 13.6 Å². The van der Waals surface area contributed by atoms with Crippen molar-refractivity contribution in [2.45, 2.75) is 39.0 Å². The summed E-state index contributed by atoms with van der Waals surface area (Å²) in [6.07, 6.45) is 2.20. The molecule has 1 aromatic heterocycles. The Balaban J connectivity index is 1.74. The van der Waals surface area contributed by atoms with Crippen LogP contribution in [0.25, 0.3) is 11.4 Å². The van der Waals surface area contributed by atoms with E-state index >= 15 is 0 Å².